The number of hydrazine groups is 1. The topological polar surface area (TPSA) is 123 Å². The van der Waals surface area contributed by atoms with Crippen LogP contribution in [0.5, 0.6) is 5.75 Å². The van der Waals surface area contributed by atoms with Crippen LogP contribution in [0.1, 0.15) is 17.2 Å². The van der Waals surface area contributed by atoms with E-state index < -0.39 is 10.0 Å². The molecule has 1 amide bonds. The van der Waals surface area contributed by atoms with Gasteiger partial charge in [0.05, 0.1) is 24.0 Å². The number of sulfonamides is 1. The van der Waals surface area contributed by atoms with Crippen LogP contribution in [-0.4, -0.2) is 34.5 Å². The highest BCUT2D eigenvalue weighted by Crippen LogP contribution is 2.27. The first kappa shape index (κ1) is 20.3. The van der Waals surface area contributed by atoms with Crippen molar-refractivity contribution >= 4 is 15.9 Å². The largest absolute Gasteiger partial charge is 0.497 e. The molecular formula is C19H24N4O4S. The van der Waals surface area contributed by atoms with Crippen molar-refractivity contribution in [1.29, 1.82) is 0 Å². The van der Waals surface area contributed by atoms with Gasteiger partial charge in [0.25, 0.3) is 0 Å². The van der Waals surface area contributed by atoms with Crippen molar-refractivity contribution < 1.29 is 17.9 Å². The van der Waals surface area contributed by atoms with E-state index in [1.54, 1.807) is 19.2 Å². The number of hydrogen-bond donors (Lipinski definition) is 4. The lowest BCUT2D eigenvalue weighted by atomic mass is 9.94. The van der Waals surface area contributed by atoms with Gasteiger partial charge in [-0.25, -0.2) is 19.0 Å². The first-order chi connectivity index (χ1) is 13.4. The van der Waals surface area contributed by atoms with Crippen LogP contribution in [0.4, 0.5) is 0 Å². The third-order valence-electron chi connectivity index (χ3n) is 4.74. The van der Waals surface area contributed by atoms with Crippen molar-refractivity contribution in [1.82, 2.24) is 16.2 Å². The molecule has 1 saturated heterocycles. The molecule has 9 heteroatoms. The van der Waals surface area contributed by atoms with Gasteiger partial charge >= 0.3 is 0 Å². The lowest BCUT2D eigenvalue weighted by Crippen LogP contribution is -2.36. The summed E-state index contributed by atoms with van der Waals surface area (Å²) in [6, 6.07) is 13.8. The SMILES string of the molecule is COc1cccc(C2NNCC2C(=O)NCCc2ccc(S(N)(=O)=O)cc2)c1. The monoisotopic (exact) mass is 404 g/mol. The minimum atomic E-state index is -3.69. The highest BCUT2D eigenvalue weighted by Gasteiger charge is 2.33. The molecule has 2 unspecified atom stereocenters. The van der Waals surface area contributed by atoms with Crippen molar-refractivity contribution in [2.45, 2.75) is 17.4 Å². The van der Waals surface area contributed by atoms with Gasteiger partial charge in [-0.05, 0) is 41.8 Å². The van der Waals surface area contributed by atoms with E-state index >= 15 is 0 Å². The van der Waals surface area contributed by atoms with E-state index in [1.165, 1.54) is 12.1 Å². The third-order valence-corrected chi connectivity index (χ3v) is 5.67. The zero-order valence-electron chi connectivity index (χ0n) is 15.5. The Bertz CT molecular complexity index is 931. The van der Waals surface area contributed by atoms with Gasteiger partial charge in [0, 0.05) is 13.1 Å². The fourth-order valence-electron chi connectivity index (χ4n) is 3.20. The van der Waals surface area contributed by atoms with E-state index in [2.05, 4.69) is 16.2 Å². The second-order valence-electron chi connectivity index (χ2n) is 6.62. The number of nitrogens with two attached hydrogens (primary N) is 1. The number of benzene rings is 2. The van der Waals surface area contributed by atoms with E-state index in [4.69, 9.17) is 9.88 Å². The van der Waals surface area contributed by atoms with Gasteiger partial charge in [0.2, 0.25) is 15.9 Å². The zero-order chi connectivity index (χ0) is 20.1. The second-order valence-corrected chi connectivity index (χ2v) is 8.18. The number of rotatable bonds is 7. The molecule has 8 nitrogen and oxygen atoms in total. The summed E-state index contributed by atoms with van der Waals surface area (Å²) in [5.41, 5.74) is 8.09. The zero-order valence-corrected chi connectivity index (χ0v) is 16.3. The lowest BCUT2D eigenvalue weighted by Gasteiger charge is -2.19. The highest BCUT2D eigenvalue weighted by molar-refractivity contribution is 7.89. The second kappa shape index (κ2) is 8.70. The van der Waals surface area contributed by atoms with E-state index in [9.17, 15) is 13.2 Å². The molecule has 1 aliphatic heterocycles. The number of carbonyl (C=O) groups is 1. The van der Waals surface area contributed by atoms with Gasteiger partial charge < -0.3 is 10.1 Å². The van der Waals surface area contributed by atoms with Crippen molar-refractivity contribution in [3.8, 4) is 5.75 Å². The van der Waals surface area contributed by atoms with Crippen LogP contribution in [0, 0.1) is 5.92 Å². The molecule has 2 aromatic carbocycles. The fraction of sp³-hybridized carbons (Fsp3) is 0.316. The summed E-state index contributed by atoms with van der Waals surface area (Å²) in [7, 11) is -2.08. The molecule has 5 N–H and O–H groups in total. The van der Waals surface area contributed by atoms with E-state index in [0.29, 0.717) is 19.5 Å². The Morgan fingerprint density at radius 2 is 2.00 bits per heavy atom. The maximum atomic E-state index is 12.6. The quantitative estimate of drug-likeness (QED) is 0.532. The first-order valence-electron chi connectivity index (χ1n) is 8.90. The van der Waals surface area contributed by atoms with Gasteiger partial charge in [-0.3, -0.25) is 10.2 Å². The minimum absolute atomic E-state index is 0.0496. The van der Waals surface area contributed by atoms with Gasteiger partial charge in [-0.2, -0.15) is 0 Å². The Labute approximate surface area is 164 Å². The summed E-state index contributed by atoms with van der Waals surface area (Å²) in [5, 5.41) is 8.04. The van der Waals surface area contributed by atoms with Crippen molar-refractivity contribution in [2.24, 2.45) is 11.1 Å². The lowest BCUT2D eigenvalue weighted by molar-refractivity contribution is -0.124. The van der Waals surface area contributed by atoms with Crippen LogP contribution in [0.15, 0.2) is 53.4 Å². The Morgan fingerprint density at radius 3 is 2.68 bits per heavy atom. The Morgan fingerprint density at radius 1 is 1.25 bits per heavy atom. The van der Waals surface area contributed by atoms with E-state index in [1.807, 2.05) is 24.3 Å². The van der Waals surface area contributed by atoms with Gasteiger partial charge in [0.15, 0.2) is 0 Å². The van der Waals surface area contributed by atoms with Crippen LogP contribution in [0.3, 0.4) is 0 Å². The molecule has 0 aliphatic carbocycles. The number of methoxy groups -OCH3 is 1. The smallest absolute Gasteiger partial charge is 0.238 e. The van der Waals surface area contributed by atoms with Crippen LogP contribution >= 0.6 is 0 Å². The normalized spacial score (nSPS) is 19.4. The number of hydrogen-bond acceptors (Lipinski definition) is 6. The molecule has 2 aromatic rings. The molecule has 1 fully saturated rings. The number of primary sulfonamides is 1. The summed E-state index contributed by atoms with van der Waals surface area (Å²) >= 11 is 0. The summed E-state index contributed by atoms with van der Waals surface area (Å²) < 4.78 is 27.8. The Kier molecular flexibility index (Phi) is 6.30. The molecular weight excluding hydrogens is 380 g/mol. The average molecular weight is 404 g/mol. The molecule has 1 heterocycles. The van der Waals surface area contributed by atoms with Crippen LogP contribution in [0.2, 0.25) is 0 Å². The number of carbonyl (C=O) groups excluding carboxylic acids is 1. The molecule has 0 aromatic heterocycles. The summed E-state index contributed by atoms with van der Waals surface area (Å²) in [4.78, 5) is 12.7. The van der Waals surface area contributed by atoms with Gasteiger partial charge in [-0.15, -0.1) is 0 Å². The fourth-order valence-corrected chi connectivity index (χ4v) is 3.71. The summed E-state index contributed by atoms with van der Waals surface area (Å²) in [6.07, 6.45) is 0.591. The molecule has 0 saturated carbocycles. The molecule has 150 valence electrons. The Balaban J connectivity index is 1.56. The van der Waals surface area contributed by atoms with E-state index in [0.717, 1.165) is 16.9 Å². The number of ether oxygens (including phenoxy) is 1. The molecule has 3 rings (SSSR count). The molecule has 28 heavy (non-hydrogen) atoms. The summed E-state index contributed by atoms with van der Waals surface area (Å²) in [5.74, 6) is 0.441. The Hall–Kier alpha value is -2.46. The summed E-state index contributed by atoms with van der Waals surface area (Å²) in [6.45, 7) is 0.978. The maximum absolute atomic E-state index is 12.6. The number of nitrogens with one attached hydrogen (secondary N) is 3. The molecule has 0 radical (unpaired) electrons. The molecule has 0 bridgehead atoms. The average Bonchev–Trinajstić information content (AvgIpc) is 3.18. The van der Waals surface area contributed by atoms with Crippen LogP contribution in [0.25, 0.3) is 0 Å². The number of amides is 1. The maximum Gasteiger partial charge on any atom is 0.238 e. The van der Waals surface area contributed by atoms with E-state index in [-0.39, 0.29) is 22.8 Å². The predicted molar refractivity (Wildman–Crippen MR) is 105 cm³/mol. The molecule has 0 spiro atoms. The van der Waals surface area contributed by atoms with Gasteiger partial charge in [-0.1, -0.05) is 24.3 Å². The standard InChI is InChI=1S/C19H24N4O4S/c1-27-15-4-2-3-14(11-15)18-17(12-22-23-18)19(24)21-10-9-13-5-7-16(8-6-13)28(20,25)26/h2-8,11,17-18,22-23H,9-10,12H2,1H3,(H,21,24)(H2,20,25,26). The highest BCUT2D eigenvalue weighted by atomic mass is 32.2. The molecule has 1 aliphatic rings. The minimum Gasteiger partial charge on any atom is -0.497 e. The van der Waals surface area contributed by atoms with Crippen LogP contribution in [-0.2, 0) is 21.2 Å². The van der Waals surface area contributed by atoms with Crippen molar-refractivity contribution in [2.75, 3.05) is 20.2 Å². The van der Waals surface area contributed by atoms with Crippen molar-refractivity contribution in [3.63, 3.8) is 0 Å². The third kappa shape index (κ3) is 4.87. The molecule has 2 atom stereocenters. The van der Waals surface area contributed by atoms with Crippen LogP contribution < -0.4 is 26.0 Å². The predicted octanol–water partition coefficient (Wildman–Crippen LogP) is 0.467. The first-order valence-corrected chi connectivity index (χ1v) is 10.4. The van der Waals surface area contributed by atoms with Gasteiger partial charge in [0.1, 0.15) is 5.75 Å². The van der Waals surface area contributed by atoms with Crippen molar-refractivity contribution in [3.05, 3.63) is 59.7 Å².